The summed E-state index contributed by atoms with van der Waals surface area (Å²) in [7, 11) is 0. The Morgan fingerprint density at radius 1 is 0.667 bits per heavy atom. The quantitative estimate of drug-likeness (QED) is 0.399. The Kier molecular flexibility index (Phi) is 6.23. The maximum atomic E-state index is 13.1. The van der Waals surface area contributed by atoms with E-state index in [9.17, 15) is 57.1 Å². The molecule has 24 heavy (non-hydrogen) atoms. The van der Waals surface area contributed by atoms with Gasteiger partial charge in [-0.15, -0.1) is 0 Å². The van der Waals surface area contributed by atoms with Crippen LogP contribution in [0.2, 0.25) is 0 Å². The number of aliphatic hydroxyl groups excluding tert-OH is 1. The molecular weight excluding hydrogens is 498 g/mol. The van der Waals surface area contributed by atoms with E-state index in [1.807, 2.05) is 0 Å². The molecule has 0 amide bonds. The molecule has 0 saturated carbocycles. The minimum atomic E-state index is -7.91. The number of aliphatic hydroxyl groups is 1. The molecule has 15 heteroatoms. The molecule has 0 bridgehead atoms. The molecule has 0 aromatic rings. The first kappa shape index (κ1) is 23.5. The van der Waals surface area contributed by atoms with Crippen molar-refractivity contribution >= 4 is 22.6 Å². The SMILES string of the molecule is OC/C(I)=C/C(F)(F)C(F)(F)C(F)(F)C(F)(F)C(F)(F)C(F)(F)F. The van der Waals surface area contributed by atoms with Crippen molar-refractivity contribution in [3.63, 3.8) is 0 Å². The van der Waals surface area contributed by atoms with Gasteiger partial charge in [-0.3, -0.25) is 0 Å². The van der Waals surface area contributed by atoms with Crippen molar-refractivity contribution in [2.24, 2.45) is 0 Å². The van der Waals surface area contributed by atoms with Crippen LogP contribution in [-0.2, 0) is 0 Å². The van der Waals surface area contributed by atoms with Crippen molar-refractivity contribution in [2.75, 3.05) is 6.61 Å². The molecule has 0 aliphatic rings. The summed E-state index contributed by atoms with van der Waals surface area (Å²) < 4.78 is 163. The van der Waals surface area contributed by atoms with E-state index in [-0.39, 0.29) is 0 Å². The zero-order valence-electron chi connectivity index (χ0n) is 10.5. The molecule has 0 spiro atoms. The van der Waals surface area contributed by atoms with Crippen molar-refractivity contribution in [3.05, 3.63) is 9.66 Å². The molecule has 144 valence electrons. The highest BCUT2D eigenvalue weighted by atomic mass is 127. The molecule has 0 saturated heterocycles. The van der Waals surface area contributed by atoms with Gasteiger partial charge in [0.1, 0.15) is 0 Å². The molecular formula is C9H4F13IO. The van der Waals surface area contributed by atoms with Gasteiger partial charge in [0.15, 0.2) is 0 Å². The molecule has 0 aromatic heterocycles. The zero-order chi connectivity index (χ0) is 20.0. The summed E-state index contributed by atoms with van der Waals surface area (Å²) in [6.07, 6.45) is -8.59. The lowest BCUT2D eigenvalue weighted by atomic mass is 9.94. The van der Waals surface area contributed by atoms with Gasteiger partial charge >= 0.3 is 35.8 Å². The molecule has 0 radical (unpaired) electrons. The van der Waals surface area contributed by atoms with Crippen LogP contribution >= 0.6 is 22.6 Å². The number of alkyl halides is 13. The van der Waals surface area contributed by atoms with Gasteiger partial charge in [0.05, 0.1) is 6.61 Å². The lowest BCUT2D eigenvalue weighted by Crippen LogP contribution is -2.69. The molecule has 0 fully saturated rings. The topological polar surface area (TPSA) is 20.2 Å². The van der Waals surface area contributed by atoms with Gasteiger partial charge in [-0.2, -0.15) is 57.1 Å². The van der Waals surface area contributed by atoms with E-state index < -0.39 is 52.1 Å². The Morgan fingerprint density at radius 3 is 1.29 bits per heavy atom. The van der Waals surface area contributed by atoms with Crippen LogP contribution < -0.4 is 0 Å². The fraction of sp³-hybridized carbons (Fsp3) is 0.778. The highest BCUT2D eigenvalue weighted by Gasteiger charge is 2.90. The number of halogens is 14. The van der Waals surface area contributed by atoms with Crippen molar-refractivity contribution in [2.45, 2.75) is 35.8 Å². The van der Waals surface area contributed by atoms with E-state index in [4.69, 9.17) is 5.11 Å². The Balaban J connectivity index is 6.31. The zero-order valence-corrected chi connectivity index (χ0v) is 12.7. The first-order chi connectivity index (χ1) is 10.2. The van der Waals surface area contributed by atoms with Crippen LogP contribution in [0.4, 0.5) is 57.1 Å². The second kappa shape index (κ2) is 6.35. The number of hydrogen-bond acceptors (Lipinski definition) is 1. The lowest BCUT2D eigenvalue weighted by Gasteiger charge is -2.39. The van der Waals surface area contributed by atoms with E-state index in [1.165, 1.54) is 0 Å². The molecule has 0 aliphatic heterocycles. The van der Waals surface area contributed by atoms with Gasteiger partial charge in [0.25, 0.3) is 0 Å². The maximum Gasteiger partial charge on any atom is 0.460 e. The first-order valence-corrected chi connectivity index (χ1v) is 6.22. The summed E-state index contributed by atoms with van der Waals surface area (Å²) in [5.41, 5.74) is 0. The van der Waals surface area contributed by atoms with Crippen LogP contribution in [-0.4, -0.2) is 47.5 Å². The summed E-state index contributed by atoms with van der Waals surface area (Å²) in [6, 6.07) is 0. The van der Waals surface area contributed by atoms with E-state index in [0.29, 0.717) is 22.6 Å². The molecule has 0 rings (SSSR count). The standard InChI is InChI=1S/C9H4F13IO/c10-4(11,1-3(23)2-24)5(12,13)6(14,15)7(16,17)8(18,19)9(20,21)22/h1,24H,2H2/b3-1-. The summed E-state index contributed by atoms with van der Waals surface area (Å²) in [5.74, 6) is -37.1. The van der Waals surface area contributed by atoms with Crippen molar-refractivity contribution in [1.29, 1.82) is 0 Å². The second-order valence-electron chi connectivity index (χ2n) is 4.17. The Bertz CT molecular complexity index is 492. The van der Waals surface area contributed by atoms with Crippen LogP contribution in [0.1, 0.15) is 0 Å². The van der Waals surface area contributed by atoms with Gasteiger partial charge in [0, 0.05) is 9.66 Å². The highest BCUT2D eigenvalue weighted by Crippen LogP contribution is 2.60. The van der Waals surface area contributed by atoms with E-state index in [1.54, 1.807) is 0 Å². The van der Waals surface area contributed by atoms with Crippen LogP contribution in [0, 0.1) is 0 Å². The highest BCUT2D eigenvalue weighted by molar-refractivity contribution is 14.1. The minimum absolute atomic E-state index is 0.686. The van der Waals surface area contributed by atoms with Gasteiger partial charge in [-0.25, -0.2) is 0 Å². The van der Waals surface area contributed by atoms with E-state index >= 15 is 0 Å². The second-order valence-corrected chi connectivity index (χ2v) is 5.55. The van der Waals surface area contributed by atoms with Crippen molar-refractivity contribution in [3.8, 4) is 0 Å². The maximum absolute atomic E-state index is 13.1. The molecule has 0 heterocycles. The smallest absolute Gasteiger partial charge is 0.391 e. The Labute approximate surface area is 137 Å². The number of rotatable bonds is 6. The third kappa shape index (κ3) is 3.41. The monoisotopic (exact) mass is 502 g/mol. The van der Waals surface area contributed by atoms with Gasteiger partial charge < -0.3 is 5.11 Å². The van der Waals surface area contributed by atoms with Crippen molar-refractivity contribution in [1.82, 2.24) is 0 Å². The average Bonchev–Trinajstić information content (AvgIpc) is 2.35. The number of hydrogen-bond donors (Lipinski definition) is 1. The van der Waals surface area contributed by atoms with Crippen LogP contribution in [0.25, 0.3) is 0 Å². The largest absolute Gasteiger partial charge is 0.460 e. The molecule has 0 unspecified atom stereocenters. The summed E-state index contributed by atoms with van der Waals surface area (Å²) in [4.78, 5) is 0. The predicted octanol–water partition coefficient (Wildman–Crippen LogP) is 5.04. The summed E-state index contributed by atoms with van der Waals surface area (Å²) >= 11 is 0.686. The normalized spacial score (nSPS) is 16.5. The number of allylic oxidation sites excluding steroid dienone is 1. The Hall–Kier alpha value is -0.480. The van der Waals surface area contributed by atoms with Crippen LogP contribution in [0.3, 0.4) is 0 Å². The van der Waals surface area contributed by atoms with Gasteiger partial charge in [0.2, 0.25) is 0 Å². The summed E-state index contributed by atoms with van der Waals surface area (Å²) in [6.45, 7) is -1.45. The van der Waals surface area contributed by atoms with Gasteiger partial charge in [-0.05, 0) is 22.6 Å². The first-order valence-electron chi connectivity index (χ1n) is 5.14. The fourth-order valence-corrected chi connectivity index (χ4v) is 1.51. The average molecular weight is 502 g/mol. The van der Waals surface area contributed by atoms with Gasteiger partial charge in [-0.1, -0.05) is 0 Å². The molecule has 1 nitrogen and oxygen atoms in total. The van der Waals surface area contributed by atoms with Crippen LogP contribution in [0.5, 0.6) is 0 Å². The molecule has 0 atom stereocenters. The van der Waals surface area contributed by atoms with Crippen LogP contribution in [0.15, 0.2) is 9.66 Å². The fourth-order valence-electron chi connectivity index (χ4n) is 1.11. The lowest BCUT2D eigenvalue weighted by molar-refractivity contribution is -0.436. The molecule has 0 aliphatic carbocycles. The van der Waals surface area contributed by atoms with E-state index in [2.05, 4.69) is 0 Å². The third-order valence-corrected chi connectivity index (χ3v) is 3.10. The minimum Gasteiger partial charge on any atom is -0.391 e. The predicted molar refractivity (Wildman–Crippen MR) is 60.0 cm³/mol. The summed E-state index contributed by atoms with van der Waals surface area (Å²) in [5, 5.41) is 8.30. The van der Waals surface area contributed by atoms with Crippen molar-refractivity contribution < 1.29 is 62.2 Å². The molecule has 0 aromatic carbocycles. The van der Waals surface area contributed by atoms with E-state index in [0.717, 1.165) is 0 Å². The third-order valence-electron chi connectivity index (χ3n) is 2.45. The molecule has 1 N–H and O–H groups in total. The Morgan fingerprint density at radius 2 is 1.00 bits per heavy atom.